The van der Waals surface area contributed by atoms with E-state index in [2.05, 4.69) is 21.2 Å². The van der Waals surface area contributed by atoms with Crippen LogP contribution in [-0.4, -0.2) is 30.0 Å². The highest BCUT2D eigenvalue weighted by atomic mass is 79.9. The lowest BCUT2D eigenvalue weighted by Crippen LogP contribution is -2.32. The minimum Gasteiger partial charge on any atom is -0.496 e. The van der Waals surface area contributed by atoms with Gasteiger partial charge in [-0.1, -0.05) is 46.3 Å². The second kappa shape index (κ2) is 7.05. The van der Waals surface area contributed by atoms with E-state index in [0.29, 0.717) is 12.2 Å². The first-order valence-corrected chi connectivity index (χ1v) is 8.36. The Balaban J connectivity index is 1.76. The summed E-state index contributed by atoms with van der Waals surface area (Å²) < 4.78 is 6.18. The van der Waals surface area contributed by atoms with Gasteiger partial charge in [0.1, 0.15) is 11.8 Å². The number of benzene rings is 2. The van der Waals surface area contributed by atoms with E-state index in [1.165, 1.54) is 4.90 Å². The van der Waals surface area contributed by atoms with Crippen molar-refractivity contribution >= 4 is 27.9 Å². The Morgan fingerprint density at radius 1 is 1.17 bits per heavy atom. The molecule has 5 nitrogen and oxygen atoms in total. The van der Waals surface area contributed by atoms with Crippen molar-refractivity contribution in [3.8, 4) is 5.75 Å². The Morgan fingerprint density at radius 3 is 2.62 bits per heavy atom. The lowest BCUT2D eigenvalue weighted by molar-refractivity contribution is -0.127. The van der Waals surface area contributed by atoms with Gasteiger partial charge < -0.3 is 10.1 Å². The van der Waals surface area contributed by atoms with Crippen LogP contribution in [0, 0.1) is 0 Å². The van der Waals surface area contributed by atoms with Gasteiger partial charge in [-0.3, -0.25) is 9.69 Å². The zero-order chi connectivity index (χ0) is 17.1. The quantitative estimate of drug-likeness (QED) is 0.800. The molecule has 0 radical (unpaired) electrons. The van der Waals surface area contributed by atoms with Gasteiger partial charge in [0.2, 0.25) is 0 Å². The Hall–Kier alpha value is -2.34. The molecule has 6 heteroatoms. The van der Waals surface area contributed by atoms with E-state index in [0.717, 1.165) is 15.6 Å². The maximum atomic E-state index is 12.6. The van der Waals surface area contributed by atoms with Gasteiger partial charge in [-0.15, -0.1) is 0 Å². The normalized spacial score (nSPS) is 17.1. The average molecular weight is 389 g/mol. The minimum absolute atomic E-state index is 0.179. The van der Waals surface area contributed by atoms with Crippen molar-refractivity contribution in [2.24, 2.45) is 0 Å². The number of ether oxygens (including phenoxy) is 1. The molecule has 1 heterocycles. The van der Waals surface area contributed by atoms with Gasteiger partial charge in [0.25, 0.3) is 5.91 Å². The molecule has 1 N–H and O–H groups in total. The zero-order valence-electron chi connectivity index (χ0n) is 13.2. The number of hydrogen-bond donors (Lipinski definition) is 1. The number of urea groups is 1. The maximum absolute atomic E-state index is 12.6. The molecule has 1 aliphatic rings. The highest BCUT2D eigenvalue weighted by Gasteiger charge is 2.38. The number of nitrogens with one attached hydrogen (secondary N) is 1. The lowest BCUT2D eigenvalue weighted by atomic mass is 10.1. The van der Waals surface area contributed by atoms with E-state index in [1.807, 2.05) is 42.5 Å². The monoisotopic (exact) mass is 388 g/mol. The number of imide groups is 1. The van der Waals surface area contributed by atoms with Gasteiger partial charge in [-0.2, -0.15) is 0 Å². The second-order valence-corrected chi connectivity index (χ2v) is 6.49. The van der Waals surface area contributed by atoms with E-state index < -0.39 is 6.04 Å². The summed E-state index contributed by atoms with van der Waals surface area (Å²) in [6.45, 7) is 0.179. The molecule has 24 heavy (non-hydrogen) atoms. The molecule has 0 aliphatic carbocycles. The van der Waals surface area contributed by atoms with Crippen molar-refractivity contribution in [1.82, 2.24) is 10.2 Å². The van der Waals surface area contributed by atoms with Crippen LogP contribution in [0.4, 0.5) is 4.79 Å². The number of hydrogen-bond acceptors (Lipinski definition) is 3. The third kappa shape index (κ3) is 3.43. The molecule has 0 aromatic heterocycles. The lowest BCUT2D eigenvalue weighted by Gasteiger charge is -2.16. The summed E-state index contributed by atoms with van der Waals surface area (Å²) in [5, 5.41) is 2.76. The van der Waals surface area contributed by atoms with Crippen LogP contribution in [0.15, 0.2) is 53.0 Å². The van der Waals surface area contributed by atoms with Crippen LogP contribution in [0.5, 0.6) is 5.75 Å². The smallest absolute Gasteiger partial charge is 0.325 e. The Kier molecular flexibility index (Phi) is 4.85. The van der Waals surface area contributed by atoms with Crippen molar-refractivity contribution in [3.63, 3.8) is 0 Å². The summed E-state index contributed by atoms with van der Waals surface area (Å²) in [7, 11) is 1.57. The van der Waals surface area contributed by atoms with Crippen LogP contribution >= 0.6 is 15.9 Å². The predicted octanol–water partition coefficient (Wildman–Crippen LogP) is 3.12. The van der Waals surface area contributed by atoms with Crippen LogP contribution in [-0.2, 0) is 17.8 Å². The van der Waals surface area contributed by atoms with Gasteiger partial charge in [0.15, 0.2) is 0 Å². The van der Waals surface area contributed by atoms with Crippen LogP contribution in [0.3, 0.4) is 0 Å². The Labute approximate surface area is 148 Å². The number of rotatable bonds is 5. The van der Waals surface area contributed by atoms with Crippen molar-refractivity contribution < 1.29 is 14.3 Å². The molecule has 3 amide bonds. The zero-order valence-corrected chi connectivity index (χ0v) is 14.7. The van der Waals surface area contributed by atoms with E-state index in [1.54, 1.807) is 13.2 Å². The largest absolute Gasteiger partial charge is 0.496 e. The van der Waals surface area contributed by atoms with Crippen molar-refractivity contribution in [1.29, 1.82) is 0 Å². The molecular formula is C18H17BrN2O3. The molecule has 1 saturated heterocycles. The predicted molar refractivity (Wildman–Crippen MR) is 93.7 cm³/mol. The summed E-state index contributed by atoms with van der Waals surface area (Å²) in [6, 6.07) is 14.3. The molecule has 3 rings (SSSR count). The molecule has 1 unspecified atom stereocenters. The summed E-state index contributed by atoms with van der Waals surface area (Å²) >= 11 is 3.40. The maximum Gasteiger partial charge on any atom is 0.325 e. The molecule has 1 aliphatic heterocycles. The topological polar surface area (TPSA) is 58.6 Å². The molecule has 0 spiro atoms. The first-order chi connectivity index (χ1) is 11.6. The van der Waals surface area contributed by atoms with Crippen LogP contribution in [0.25, 0.3) is 0 Å². The number of carbonyl (C=O) groups is 2. The third-order valence-electron chi connectivity index (χ3n) is 3.96. The van der Waals surface area contributed by atoms with Gasteiger partial charge >= 0.3 is 6.03 Å². The fourth-order valence-electron chi connectivity index (χ4n) is 2.76. The molecule has 0 bridgehead atoms. The fourth-order valence-corrected chi connectivity index (χ4v) is 3.16. The average Bonchev–Trinajstić information content (AvgIpc) is 2.84. The summed E-state index contributed by atoms with van der Waals surface area (Å²) in [5.74, 6) is 0.427. The van der Waals surface area contributed by atoms with Gasteiger partial charge in [-0.25, -0.2) is 4.79 Å². The van der Waals surface area contributed by atoms with Crippen LogP contribution in [0.2, 0.25) is 0 Å². The third-order valence-corrected chi connectivity index (χ3v) is 4.45. The fraction of sp³-hybridized carbons (Fsp3) is 0.222. The SMILES string of the molecule is COc1ccc(Br)cc1CN1C(=O)NC(Cc2ccccc2)C1=O. The molecule has 0 saturated carbocycles. The number of amides is 3. The molecule has 2 aromatic carbocycles. The van der Waals surface area contributed by atoms with Crippen molar-refractivity contribution in [2.45, 2.75) is 19.0 Å². The van der Waals surface area contributed by atoms with E-state index >= 15 is 0 Å². The Bertz CT molecular complexity index is 764. The molecule has 124 valence electrons. The summed E-state index contributed by atoms with van der Waals surface area (Å²) in [4.78, 5) is 26.0. The van der Waals surface area contributed by atoms with E-state index in [9.17, 15) is 9.59 Å². The minimum atomic E-state index is -0.530. The molecule has 1 atom stereocenters. The summed E-state index contributed by atoms with van der Waals surface area (Å²) in [6.07, 6.45) is 0.484. The van der Waals surface area contributed by atoms with E-state index in [-0.39, 0.29) is 18.5 Å². The van der Waals surface area contributed by atoms with Crippen LogP contribution < -0.4 is 10.1 Å². The molecule has 2 aromatic rings. The summed E-state index contributed by atoms with van der Waals surface area (Å²) in [5.41, 5.74) is 1.79. The van der Waals surface area contributed by atoms with Gasteiger partial charge in [-0.05, 0) is 23.8 Å². The first kappa shape index (κ1) is 16.5. The molecule has 1 fully saturated rings. The van der Waals surface area contributed by atoms with Crippen LogP contribution in [0.1, 0.15) is 11.1 Å². The highest BCUT2D eigenvalue weighted by molar-refractivity contribution is 9.10. The second-order valence-electron chi connectivity index (χ2n) is 5.57. The highest BCUT2D eigenvalue weighted by Crippen LogP contribution is 2.26. The standard InChI is InChI=1S/C18H17BrN2O3/c1-24-16-8-7-14(19)10-13(16)11-21-17(22)15(20-18(21)23)9-12-5-3-2-4-6-12/h2-8,10,15H,9,11H2,1H3,(H,20,23). The number of carbonyl (C=O) groups excluding carboxylic acids is 2. The molecular weight excluding hydrogens is 372 g/mol. The first-order valence-electron chi connectivity index (χ1n) is 7.56. The van der Waals surface area contributed by atoms with Crippen molar-refractivity contribution in [2.75, 3.05) is 7.11 Å². The number of methoxy groups -OCH3 is 1. The van der Waals surface area contributed by atoms with Gasteiger partial charge in [0, 0.05) is 16.5 Å². The Morgan fingerprint density at radius 2 is 1.92 bits per heavy atom. The van der Waals surface area contributed by atoms with Gasteiger partial charge in [0.05, 0.1) is 13.7 Å². The van der Waals surface area contributed by atoms with Crippen molar-refractivity contribution in [3.05, 3.63) is 64.1 Å². The number of nitrogens with zero attached hydrogens (tertiary/aromatic N) is 1. The van der Waals surface area contributed by atoms with E-state index in [4.69, 9.17) is 4.74 Å². The number of halogens is 1.